The molecule has 0 aliphatic rings. The van der Waals surface area contributed by atoms with Crippen LogP contribution in [0.1, 0.15) is 66.2 Å². The van der Waals surface area contributed by atoms with Crippen LogP contribution < -0.4 is 5.32 Å². The van der Waals surface area contributed by atoms with Crippen LogP contribution in [0.2, 0.25) is 0 Å². The molecule has 24 heavy (non-hydrogen) atoms. The number of allylic oxidation sites excluding steroid dienone is 4. The van der Waals surface area contributed by atoms with Crippen molar-refractivity contribution >= 4 is 0 Å². The molecule has 2 unspecified atom stereocenters. The van der Waals surface area contributed by atoms with Crippen LogP contribution >= 0.6 is 0 Å². The summed E-state index contributed by atoms with van der Waals surface area (Å²) in [7, 11) is 0. The van der Waals surface area contributed by atoms with Crippen molar-refractivity contribution in [2.24, 2.45) is 5.92 Å². The molecule has 0 spiro atoms. The largest absolute Gasteiger partial charge is 0.312 e. The van der Waals surface area contributed by atoms with Gasteiger partial charge in [-0.1, -0.05) is 83.9 Å². The van der Waals surface area contributed by atoms with Crippen molar-refractivity contribution in [3.05, 3.63) is 37.0 Å². The van der Waals surface area contributed by atoms with Gasteiger partial charge in [-0.05, 0) is 38.3 Å². The minimum absolute atomic E-state index is 0.554. The molecule has 0 fully saturated rings. The van der Waals surface area contributed by atoms with Gasteiger partial charge in [-0.25, -0.2) is 0 Å². The minimum Gasteiger partial charge on any atom is -0.312 e. The van der Waals surface area contributed by atoms with Gasteiger partial charge in [0.2, 0.25) is 0 Å². The smallest absolute Gasteiger partial charge is 0.0195 e. The third-order valence-corrected chi connectivity index (χ3v) is 4.28. The molecule has 0 saturated carbocycles. The second-order valence-electron chi connectivity index (χ2n) is 6.88. The number of rotatable bonds is 16. The molecule has 0 radical (unpaired) electrons. The molecule has 0 amide bonds. The molecule has 0 heterocycles. The van der Waals surface area contributed by atoms with E-state index < -0.39 is 0 Å². The highest BCUT2D eigenvalue weighted by Crippen LogP contribution is 2.07. The Morgan fingerprint density at radius 3 is 2.33 bits per heavy atom. The van der Waals surface area contributed by atoms with Crippen LogP contribution in [0.5, 0.6) is 0 Å². The summed E-state index contributed by atoms with van der Waals surface area (Å²) in [6, 6.07) is 0.618. The van der Waals surface area contributed by atoms with Crippen LogP contribution in [0.15, 0.2) is 37.0 Å². The first-order chi connectivity index (χ1) is 11.7. The highest BCUT2D eigenvalue weighted by atomic mass is 15.1. The molecule has 2 heteroatoms. The minimum atomic E-state index is 0.554. The summed E-state index contributed by atoms with van der Waals surface area (Å²) in [5.41, 5.74) is 0. The van der Waals surface area contributed by atoms with Crippen LogP contribution in [0, 0.1) is 5.92 Å². The lowest BCUT2D eigenvalue weighted by Gasteiger charge is -2.28. The van der Waals surface area contributed by atoms with E-state index in [0.717, 1.165) is 6.54 Å². The number of nitrogens with zero attached hydrogens (tertiary/aromatic N) is 1. The molecule has 2 nitrogen and oxygen atoms in total. The third-order valence-electron chi connectivity index (χ3n) is 4.28. The van der Waals surface area contributed by atoms with E-state index in [1.54, 1.807) is 0 Å². The number of hydrogen-bond acceptors (Lipinski definition) is 2. The van der Waals surface area contributed by atoms with E-state index in [1.165, 1.54) is 58.2 Å². The van der Waals surface area contributed by atoms with Gasteiger partial charge in [0.1, 0.15) is 0 Å². The van der Waals surface area contributed by atoms with Gasteiger partial charge in [-0.2, -0.15) is 0 Å². The Morgan fingerprint density at radius 2 is 1.71 bits per heavy atom. The van der Waals surface area contributed by atoms with E-state index in [0.29, 0.717) is 12.0 Å². The van der Waals surface area contributed by atoms with Crippen molar-refractivity contribution < 1.29 is 0 Å². The summed E-state index contributed by atoms with van der Waals surface area (Å²) in [5.74, 6) is 0.554. The quantitative estimate of drug-likeness (QED) is 0.371. The number of nitrogens with one attached hydrogen (secondary N) is 1. The summed E-state index contributed by atoms with van der Waals surface area (Å²) in [4.78, 5) is 2.66. The zero-order chi connectivity index (χ0) is 18.0. The lowest BCUT2D eigenvalue weighted by molar-refractivity contribution is 0.230. The molecule has 0 aromatic heterocycles. The van der Waals surface area contributed by atoms with Crippen molar-refractivity contribution in [2.45, 2.75) is 72.3 Å². The van der Waals surface area contributed by atoms with Crippen LogP contribution in [0.4, 0.5) is 0 Å². The van der Waals surface area contributed by atoms with E-state index in [1.807, 2.05) is 18.2 Å². The van der Waals surface area contributed by atoms with Gasteiger partial charge >= 0.3 is 0 Å². The summed E-state index contributed by atoms with van der Waals surface area (Å²) in [6.07, 6.45) is 18.0. The molecule has 0 aromatic rings. The molecule has 0 aliphatic heterocycles. The number of unbranched alkanes of at least 4 members (excludes halogenated alkanes) is 2. The standard InChI is InChI=1S/C22H42N2/c1-6-10-13-14-15-21(5)19-23-22(16-11-7-2)20-24(17-9-4)18-12-8-3/h6,10,13-15,21-23H,1,7-9,11-12,16-20H2,2-5H3/b13-10-,15-14-. The fraction of sp³-hybridized carbons (Fsp3) is 0.727. The van der Waals surface area contributed by atoms with E-state index in [-0.39, 0.29) is 0 Å². The lowest BCUT2D eigenvalue weighted by Crippen LogP contribution is -2.43. The van der Waals surface area contributed by atoms with Crippen molar-refractivity contribution in [2.75, 3.05) is 26.2 Å². The molecular weight excluding hydrogens is 292 g/mol. The van der Waals surface area contributed by atoms with Gasteiger partial charge in [0.05, 0.1) is 0 Å². The van der Waals surface area contributed by atoms with Crippen molar-refractivity contribution in [3.63, 3.8) is 0 Å². The molecule has 140 valence electrons. The Kier molecular flexibility index (Phi) is 16.4. The fourth-order valence-corrected chi connectivity index (χ4v) is 2.83. The SMILES string of the molecule is C=C/C=C\C=C/C(C)CNC(CCCC)CN(CCC)CCCC. The maximum Gasteiger partial charge on any atom is 0.0195 e. The second-order valence-corrected chi connectivity index (χ2v) is 6.88. The van der Waals surface area contributed by atoms with E-state index in [4.69, 9.17) is 0 Å². The van der Waals surface area contributed by atoms with Crippen LogP contribution in [0.3, 0.4) is 0 Å². The van der Waals surface area contributed by atoms with E-state index in [2.05, 4.69) is 56.6 Å². The summed E-state index contributed by atoms with van der Waals surface area (Å²) < 4.78 is 0. The summed E-state index contributed by atoms with van der Waals surface area (Å²) >= 11 is 0. The van der Waals surface area contributed by atoms with Gasteiger partial charge in [0.15, 0.2) is 0 Å². The van der Waals surface area contributed by atoms with E-state index in [9.17, 15) is 0 Å². The Balaban J connectivity index is 4.42. The molecular formula is C22H42N2. The predicted octanol–water partition coefficient (Wildman–Crippen LogP) is 5.58. The van der Waals surface area contributed by atoms with Gasteiger partial charge in [-0.3, -0.25) is 0 Å². The van der Waals surface area contributed by atoms with Gasteiger partial charge in [0.25, 0.3) is 0 Å². The number of hydrogen-bond donors (Lipinski definition) is 1. The first-order valence-electron chi connectivity index (χ1n) is 10.1. The van der Waals surface area contributed by atoms with Gasteiger partial charge < -0.3 is 10.2 Å². The van der Waals surface area contributed by atoms with Crippen LogP contribution in [-0.4, -0.2) is 37.1 Å². The van der Waals surface area contributed by atoms with Gasteiger partial charge in [0, 0.05) is 19.1 Å². The Hall–Kier alpha value is -0.860. The Bertz CT molecular complexity index is 333. The predicted molar refractivity (Wildman–Crippen MR) is 111 cm³/mol. The molecule has 2 atom stereocenters. The zero-order valence-corrected chi connectivity index (χ0v) is 16.8. The zero-order valence-electron chi connectivity index (χ0n) is 16.8. The topological polar surface area (TPSA) is 15.3 Å². The maximum atomic E-state index is 3.82. The van der Waals surface area contributed by atoms with E-state index >= 15 is 0 Å². The normalized spacial score (nSPS) is 14.7. The maximum absolute atomic E-state index is 3.82. The second kappa shape index (κ2) is 17.0. The molecule has 0 aromatic carbocycles. The molecule has 0 aliphatic carbocycles. The highest BCUT2D eigenvalue weighted by Gasteiger charge is 2.13. The molecule has 0 saturated heterocycles. The summed E-state index contributed by atoms with van der Waals surface area (Å²) in [5, 5.41) is 3.82. The molecule has 0 rings (SSSR count). The average molecular weight is 335 g/mol. The average Bonchev–Trinajstić information content (AvgIpc) is 2.58. The third kappa shape index (κ3) is 13.6. The monoisotopic (exact) mass is 334 g/mol. The van der Waals surface area contributed by atoms with Crippen LogP contribution in [0.25, 0.3) is 0 Å². The first-order valence-corrected chi connectivity index (χ1v) is 10.1. The summed E-state index contributed by atoms with van der Waals surface area (Å²) in [6.45, 7) is 17.6. The lowest BCUT2D eigenvalue weighted by atomic mass is 10.1. The van der Waals surface area contributed by atoms with Crippen molar-refractivity contribution in [1.29, 1.82) is 0 Å². The Labute approximate surface area is 152 Å². The van der Waals surface area contributed by atoms with Crippen molar-refractivity contribution in [1.82, 2.24) is 10.2 Å². The fourth-order valence-electron chi connectivity index (χ4n) is 2.83. The molecule has 0 bridgehead atoms. The van der Waals surface area contributed by atoms with Crippen LogP contribution in [-0.2, 0) is 0 Å². The van der Waals surface area contributed by atoms with Gasteiger partial charge in [-0.15, -0.1) is 0 Å². The molecule has 1 N–H and O–H groups in total. The van der Waals surface area contributed by atoms with Crippen molar-refractivity contribution in [3.8, 4) is 0 Å². The Morgan fingerprint density at radius 1 is 0.958 bits per heavy atom. The highest BCUT2D eigenvalue weighted by molar-refractivity contribution is 5.09. The first kappa shape index (κ1) is 23.1.